The molecule has 1 unspecified atom stereocenters. The Kier molecular flexibility index (Phi) is 3.64. The summed E-state index contributed by atoms with van der Waals surface area (Å²) in [4.78, 5) is 13.8. The number of carbonyl (C=O) groups excluding carboxylic acids is 1. The first-order valence-electron chi connectivity index (χ1n) is 5.74. The van der Waals surface area contributed by atoms with Gasteiger partial charge in [-0.3, -0.25) is 4.79 Å². The summed E-state index contributed by atoms with van der Waals surface area (Å²) in [5.41, 5.74) is 1.04. The molecule has 0 radical (unpaired) electrons. The van der Waals surface area contributed by atoms with Crippen molar-refractivity contribution in [1.29, 1.82) is 0 Å². The van der Waals surface area contributed by atoms with Crippen molar-refractivity contribution in [2.75, 3.05) is 20.3 Å². The topological polar surface area (TPSA) is 38.8 Å². The summed E-state index contributed by atoms with van der Waals surface area (Å²) in [6, 6.07) is 7.81. The van der Waals surface area contributed by atoms with Crippen LogP contribution in [0.3, 0.4) is 0 Å². The third-order valence-electron chi connectivity index (χ3n) is 2.97. The fourth-order valence-corrected chi connectivity index (χ4v) is 1.87. The molecule has 1 heterocycles. The fourth-order valence-electron chi connectivity index (χ4n) is 1.87. The fraction of sp³-hybridized carbons (Fsp3) is 0.462. The highest BCUT2D eigenvalue weighted by Crippen LogP contribution is 2.22. The van der Waals surface area contributed by atoms with Crippen molar-refractivity contribution in [1.82, 2.24) is 4.90 Å². The Labute approximate surface area is 101 Å². The normalized spacial score (nSPS) is 16.7. The zero-order valence-corrected chi connectivity index (χ0v) is 10.2. The number of rotatable bonds is 2. The molecule has 0 aliphatic carbocycles. The molecule has 0 saturated heterocycles. The third-order valence-corrected chi connectivity index (χ3v) is 2.97. The number of para-hydroxylation sites is 1. The lowest BCUT2D eigenvalue weighted by atomic mass is 10.2. The molecule has 1 amide bonds. The van der Waals surface area contributed by atoms with Crippen LogP contribution in [0.15, 0.2) is 24.3 Å². The van der Waals surface area contributed by atoms with Crippen molar-refractivity contribution in [3.63, 3.8) is 0 Å². The third kappa shape index (κ3) is 2.58. The van der Waals surface area contributed by atoms with Crippen LogP contribution in [0.5, 0.6) is 5.75 Å². The lowest BCUT2D eigenvalue weighted by Crippen LogP contribution is -2.39. The van der Waals surface area contributed by atoms with E-state index >= 15 is 0 Å². The molecule has 0 bridgehead atoms. The predicted octanol–water partition coefficient (Wildman–Crippen LogP) is 1.44. The lowest BCUT2D eigenvalue weighted by molar-refractivity contribution is -0.141. The molecule has 0 fully saturated rings. The zero-order valence-electron chi connectivity index (χ0n) is 10.2. The van der Waals surface area contributed by atoms with Gasteiger partial charge in [0, 0.05) is 19.2 Å². The van der Waals surface area contributed by atoms with E-state index in [1.165, 1.54) is 0 Å². The molecular weight excluding hydrogens is 218 g/mol. The van der Waals surface area contributed by atoms with Crippen LogP contribution < -0.4 is 4.74 Å². The van der Waals surface area contributed by atoms with Gasteiger partial charge in [-0.1, -0.05) is 18.2 Å². The number of methoxy groups -OCH3 is 1. The van der Waals surface area contributed by atoms with Crippen LogP contribution in [0, 0.1) is 0 Å². The summed E-state index contributed by atoms with van der Waals surface area (Å²) >= 11 is 0. The molecule has 0 saturated carbocycles. The molecule has 0 N–H and O–H groups in total. The molecular formula is C13H17NO3. The van der Waals surface area contributed by atoms with Crippen molar-refractivity contribution in [3.05, 3.63) is 29.8 Å². The standard InChI is InChI=1S/C13H17NO3/c1-10(16-2)13(15)14-7-8-17-12-6-4-3-5-11(12)9-14/h3-6,10H,7-9H2,1-2H3. The zero-order chi connectivity index (χ0) is 12.3. The second-order valence-corrected chi connectivity index (χ2v) is 4.09. The second-order valence-electron chi connectivity index (χ2n) is 4.09. The second kappa shape index (κ2) is 5.19. The smallest absolute Gasteiger partial charge is 0.251 e. The summed E-state index contributed by atoms with van der Waals surface area (Å²) in [6.07, 6.45) is -0.403. The van der Waals surface area contributed by atoms with E-state index in [0.29, 0.717) is 19.7 Å². The molecule has 17 heavy (non-hydrogen) atoms. The summed E-state index contributed by atoms with van der Waals surface area (Å²) in [5, 5.41) is 0. The monoisotopic (exact) mass is 235 g/mol. The van der Waals surface area contributed by atoms with Crippen LogP contribution in [-0.4, -0.2) is 37.2 Å². The number of fused-ring (bicyclic) bond motifs is 1. The Hall–Kier alpha value is -1.55. The van der Waals surface area contributed by atoms with Gasteiger partial charge in [0.2, 0.25) is 0 Å². The van der Waals surface area contributed by atoms with Gasteiger partial charge < -0.3 is 14.4 Å². The Bertz CT molecular complexity index is 405. The first-order valence-corrected chi connectivity index (χ1v) is 5.74. The minimum atomic E-state index is -0.403. The molecule has 1 aromatic rings. The largest absolute Gasteiger partial charge is 0.491 e. The first-order chi connectivity index (χ1) is 8.22. The predicted molar refractivity (Wildman–Crippen MR) is 63.8 cm³/mol. The Balaban J connectivity index is 2.15. The van der Waals surface area contributed by atoms with Gasteiger partial charge in [-0.2, -0.15) is 0 Å². The maximum absolute atomic E-state index is 12.0. The number of carbonyl (C=O) groups is 1. The Morgan fingerprint density at radius 3 is 3.00 bits per heavy atom. The average Bonchev–Trinajstić information content (AvgIpc) is 2.58. The van der Waals surface area contributed by atoms with E-state index in [-0.39, 0.29) is 5.91 Å². The van der Waals surface area contributed by atoms with E-state index in [0.717, 1.165) is 11.3 Å². The maximum atomic E-state index is 12.0. The van der Waals surface area contributed by atoms with E-state index < -0.39 is 6.10 Å². The highest BCUT2D eigenvalue weighted by Gasteiger charge is 2.23. The summed E-state index contributed by atoms with van der Waals surface area (Å²) in [7, 11) is 1.55. The highest BCUT2D eigenvalue weighted by atomic mass is 16.5. The number of benzene rings is 1. The summed E-state index contributed by atoms with van der Waals surface area (Å²) in [5.74, 6) is 0.876. The number of ether oxygens (including phenoxy) is 2. The van der Waals surface area contributed by atoms with Gasteiger partial charge in [0.25, 0.3) is 5.91 Å². The number of hydrogen-bond donors (Lipinski definition) is 0. The van der Waals surface area contributed by atoms with Crippen molar-refractivity contribution in [3.8, 4) is 5.75 Å². The van der Waals surface area contributed by atoms with E-state index in [2.05, 4.69) is 0 Å². The van der Waals surface area contributed by atoms with Crippen LogP contribution in [0.1, 0.15) is 12.5 Å². The molecule has 1 aromatic carbocycles. The molecule has 1 atom stereocenters. The van der Waals surface area contributed by atoms with Gasteiger partial charge in [0.1, 0.15) is 18.5 Å². The van der Waals surface area contributed by atoms with Crippen LogP contribution in [0.25, 0.3) is 0 Å². The Morgan fingerprint density at radius 1 is 1.47 bits per heavy atom. The van der Waals surface area contributed by atoms with E-state index in [1.54, 1.807) is 18.9 Å². The van der Waals surface area contributed by atoms with Gasteiger partial charge in [-0.25, -0.2) is 0 Å². The lowest BCUT2D eigenvalue weighted by Gasteiger charge is -2.22. The molecule has 4 nitrogen and oxygen atoms in total. The van der Waals surface area contributed by atoms with Gasteiger partial charge in [0.15, 0.2) is 0 Å². The quantitative estimate of drug-likeness (QED) is 0.778. The SMILES string of the molecule is COC(C)C(=O)N1CCOc2ccccc2C1. The molecule has 0 spiro atoms. The minimum Gasteiger partial charge on any atom is -0.491 e. The first kappa shape index (κ1) is 11.9. The number of amides is 1. The number of nitrogens with zero attached hydrogens (tertiary/aromatic N) is 1. The van der Waals surface area contributed by atoms with E-state index in [4.69, 9.17) is 9.47 Å². The minimum absolute atomic E-state index is 0.00723. The van der Waals surface area contributed by atoms with E-state index in [1.807, 2.05) is 24.3 Å². The van der Waals surface area contributed by atoms with Crippen molar-refractivity contribution < 1.29 is 14.3 Å². The van der Waals surface area contributed by atoms with Gasteiger partial charge in [-0.05, 0) is 13.0 Å². The van der Waals surface area contributed by atoms with Gasteiger partial charge in [0.05, 0.1) is 6.54 Å². The van der Waals surface area contributed by atoms with Crippen molar-refractivity contribution >= 4 is 5.91 Å². The van der Waals surface area contributed by atoms with E-state index in [9.17, 15) is 4.79 Å². The average molecular weight is 235 g/mol. The molecule has 1 aliphatic rings. The molecule has 0 aromatic heterocycles. The summed E-state index contributed by atoms with van der Waals surface area (Å²) in [6.45, 7) is 3.48. The highest BCUT2D eigenvalue weighted by molar-refractivity contribution is 5.80. The maximum Gasteiger partial charge on any atom is 0.251 e. The van der Waals surface area contributed by atoms with Crippen LogP contribution in [0.2, 0.25) is 0 Å². The molecule has 4 heteroatoms. The summed E-state index contributed by atoms with van der Waals surface area (Å²) < 4.78 is 10.7. The Morgan fingerprint density at radius 2 is 2.24 bits per heavy atom. The van der Waals surface area contributed by atoms with Crippen LogP contribution in [0.4, 0.5) is 0 Å². The van der Waals surface area contributed by atoms with Gasteiger partial charge >= 0.3 is 0 Å². The molecule has 92 valence electrons. The van der Waals surface area contributed by atoms with Crippen molar-refractivity contribution in [2.24, 2.45) is 0 Å². The molecule has 2 rings (SSSR count). The van der Waals surface area contributed by atoms with Crippen LogP contribution in [-0.2, 0) is 16.1 Å². The van der Waals surface area contributed by atoms with Gasteiger partial charge in [-0.15, -0.1) is 0 Å². The number of hydrogen-bond acceptors (Lipinski definition) is 3. The molecule has 1 aliphatic heterocycles. The van der Waals surface area contributed by atoms with Crippen molar-refractivity contribution in [2.45, 2.75) is 19.6 Å². The van der Waals surface area contributed by atoms with Crippen LogP contribution >= 0.6 is 0 Å².